The van der Waals surface area contributed by atoms with Gasteiger partial charge in [0.2, 0.25) is 0 Å². The molecule has 0 heterocycles. The van der Waals surface area contributed by atoms with Crippen LogP contribution in [0.25, 0.3) is 0 Å². The molecule has 0 aromatic rings. The van der Waals surface area contributed by atoms with Crippen LogP contribution in [0.3, 0.4) is 0 Å². The molecule has 0 saturated carbocycles. The molecule has 1 unspecified atom stereocenters. The molecule has 0 aliphatic heterocycles. The Hall–Kier alpha value is -0.610. The summed E-state index contributed by atoms with van der Waals surface area (Å²) in [6.45, 7) is 3.47. The summed E-state index contributed by atoms with van der Waals surface area (Å²) in [6.07, 6.45) is -0.438. The van der Waals surface area contributed by atoms with Crippen molar-refractivity contribution in [2.24, 2.45) is 0 Å². The maximum atomic E-state index is 9.80. The van der Waals surface area contributed by atoms with Gasteiger partial charge in [-0.05, 0) is 21.0 Å². The van der Waals surface area contributed by atoms with E-state index in [-0.39, 0.29) is 0 Å². The summed E-state index contributed by atoms with van der Waals surface area (Å²) in [4.78, 5) is 11.8. The van der Waals surface area contributed by atoms with Crippen molar-refractivity contribution >= 4 is 6.47 Å². The molecule has 4 heteroatoms. The van der Waals surface area contributed by atoms with Crippen molar-refractivity contribution in [1.82, 2.24) is 4.90 Å². The van der Waals surface area contributed by atoms with Crippen LogP contribution >= 0.6 is 0 Å². The molecule has 0 spiro atoms. The first-order chi connectivity index (χ1) is 5.16. The van der Waals surface area contributed by atoms with E-state index in [4.69, 9.17) is 4.74 Å². The second-order valence-corrected chi connectivity index (χ2v) is 2.47. The van der Waals surface area contributed by atoms with E-state index in [1.165, 1.54) is 0 Å². The molecule has 4 nitrogen and oxygen atoms in total. The SMILES string of the molecule is CC(OC=O)OCCN(C)C. The van der Waals surface area contributed by atoms with Gasteiger partial charge in [-0.2, -0.15) is 0 Å². The van der Waals surface area contributed by atoms with Gasteiger partial charge in [-0.3, -0.25) is 4.79 Å². The number of rotatable bonds is 6. The highest BCUT2D eigenvalue weighted by Crippen LogP contribution is 1.90. The van der Waals surface area contributed by atoms with E-state index in [0.717, 1.165) is 6.54 Å². The van der Waals surface area contributed by atoms with Crippen molar-refractivity contribution < 1.29 is 14.3 Å². The molecule has 0 saturated heterocycles. The molecule has 66 valence electrons. The Morgan fingerprint density at radius 3 is 2.64 bits per heavy atom. The first-order valence-electron chi connectivity index (χ1n) is 3.52. The van der Waals surface area contributed by atoms with E-state index in [9.17, 15) is 4.79 Å². The number of hydrogen-bond donors (Lipinski definition) is 0. The lowest BCUT2D eigenvalue weighted by atomic mass is 10.6. The summed E-state index contributed by atoms with van der Waals surface area (Å²) < 4.78 is 9.60. The Labute approximate surface area is 67.1 Å². The molecule has 0 amide bonds. The number of carbonyl (C=O) groups excluding carboxylic acids is 1. The maximum absolute atomic E-state index is 9.80. The molecule has 1 atom stereocenters. The molecule has 0 rings (SSSR count). The zero-order valence-corrected chi connectivity index (χ0v) is 7.24. The van der Waals surface area contributed by atoms with Gasteiger partial charge in [0, 0.05) is 6.54 Å². The van der Waals surface area contributed by atoms with Gasteiger partial charge >= 0.3 is 0 Å². The predicted octanol–water partition coefficient (Wildman–Crippen LogP) is 0.0836. The van der Waals surface area contributed by atoms with Gasteiger partial charge in [0.1, 0.15) is 0 Å². The van der Waals surface area contributed by atoms with E-state index >= 15 is 0 Å². The van der Waals surface area contributed by atoms with Crippen LogP contribution in [0, 0.1) is 0 Å². The third-order valence-corrected chi connectivity index (χ3v) is 1.14. The minimum Gasteiger partial charge on any atom is -0.438 e. The third-order valence-electron chi connectivity index (χ3n) is 1.14. The molecule has 0 radical (unpaired) electrons. The standard InChI is InChI=1S/C7H15NO3/c1-7(11-6-9)10-5-4-8(2)3/h6-7H,4-5H2,1-3H3. The number of hydrogen-bond acceptors (Lipinski definition) is 4. The van der Waals surface area contributed by atoms with E-state index in [2.05, 4.69) is 4.74 Å². The minimum atomic E-state index is -0.438. The highest BCUT2D eigenvalue weighted by molar-refractivity contribution is 5.37. The van der Waals surface area contributed by atoms with Crippen LogP contribution in [0.2, 0.25) is 0 Å². The van der Waals surface area contributed by atoms with Crippen LogP contribution in [0.5, 0.6) is 0 Å². The first-order valence-corrected chi connectivity index (χ1v) is 3.52. The second-order valence-electron chi connectivity index (χ2n) is 2.47. The number of nitrogens with zero attached hydrogens (tertiary/aromatic N) is 1. The van der Waals surface area contributed by atoms with Gasteiger partial charge in [0.15, 0.2) is 6.29 Å². The quantitative estimate of drug-likeness (QED) is 0.408. The molecule has 0 aromatic carbocycles. The third kappa shape index (κ3) is 7.29. The number of likely N-dealkylation sites (N-methyl/N-ethyl adjacent to an activating group) is 1. The van der Waals surface area contributed by atoms with Crippen molar-refractivity contribution in [2.45, 2.75) is 13.2 Å². The van der Waals surface area contributed by atoms with Crippen LogP contribution < -0.4 is 0 Å². The molecule has 0 bridgehead atoms. The number of carbonyl (C=O) groups is 1. The molecule has 0 aliphatic carbocycles. The fourth-order valence-corrected chi connectivity index (χ4v) is 0.519. The zero-order chi connectivity index (χ0) is 8.69. The Bertz CT molecular complexity index is 106. The molecule has 0 aromatic heterocycles. The van der Waals surface area contributed by atoms with Crippen LogP contribution in [-0.2, 0) is 14.3 Å². The molecule has 0 aliphatic rings. The highest BCUT2D eigenvalue weighted by atomic mass is 16.7. The fraction of sp³-hybridized carbons (Fsp3) is 0.857. The Kier molecular flexibility index (Phi) is 5.78. The molecular weight excluding hydrogens is 146 g/mol. The summed E-state index contributed by atoms with van der Waals surface area (Å²) in [5.41, 5.74) is 0. The molecule has 0 N–H and O–H groups in total. The van der Waals surface area contributed by atoms with Crippen molar-refractivity contribution in [3.63, 3.8) is 0 Å². The summed E-state index contributed by atoms with van der Waals surface area (Å²) >= 11 is 0. The van der Waals surface area contributed by atoms with Crippen LogP contribution in [0.15, 0.2) is 0 Å². The van der Waals surface area contributed by atoms with Crippen LogP contribution in [-0.4, -0.2) is 44.9 Å². The van der Waals surface area contributed by atoms with Gasteiger partial charge in [-0.25, -0.2) is 0 Å². The minimum absolute atomic E-state index is 0.389. The smallest absolute Gasteiger partial charge is 0.295 e. The Morgan fingerprint density at radius 1 is 1.55 bits per heavy atom. The Morgan fingerprint density at radius 2 is 2.18 bits per heavy atom. The van der Waals surface area contributed by atoms with E-state index in [0.29, 0.717) is 13.1 Å². The van der Waals surface area contributed by atoms with Crippen LogP contribution in [0.1, 0.15) is 6.92 Å². The lowest BCUT2D eigenvalue weighted by molar-refractivity contribution is -0.159. The topological polar surface area (TPSA) is 38.8 Å². The van der Waals surface area contributed by atoms with Crippen molar-refractivity contribution in [2.75, 3.05) is 27.2 Å². The monoisotopic (exact) mass is 161 g/mol. The lowest BCUT2D eigenvalue weighted by Crippen LogP contribution is -2.22. The highest BCUT2D eigenvalue weighted by Gasteiger charge is 1.99. The van der Waals surface area contributed by atoms with Crippen molar-refractivity contribution in [1.29, 1.82) is 0 Å². The summed E-state index contributed by atoms with van der Waals surface area (Å²) in [6, 6.07) is 0. The average Bonchev–Trinajstić information content (AvgIpc) is 1.87. The van der Waals surface area contributed by atoms with Gasteiger partial charge in [-0.15, -0.1) is 0 Å². The maximum Gasteiger partial charge on any atom is 0.295 e. The predicted molar refractivity (Wildman–Crippen MR) is 41.1 cm³/mol. The summed E-state index contributed by atoms with van der Waals surface area (Å²) in [5.74, 6) is 0. The van der Waals surface area contributed by atoms with E-state index in [1.54, 1.807) is 6.92 Å². The van der Waals surface area contributed by atoms with Crippen molar-refractivity contribution in [3.8, 4) is 0 Å². The van der Waals surface area contributed by atoms with Gasteiger partial charge in [-0.1, -0.05) is 0 Å². The molecule has 11 heavy (non-hydrogen) atoms. The van der Waals surface area contributed by atoms with E-state index < -0.39 is 6.29 Å². The average molecular weight is 161 g/mol. The van der Waals surface area contributed by atoms with E-state index in [1.807, 2.05) is 19.0 Å². The zero-order valence-electron chi connectivity index (χ0n) is 7.24. The number of ether oxygens (including phenoxy) is 2. The largest absolute Gasteiger partial charge is 0.438 e. The van der Waals surface area contributed by atoms with Crippen molar-refractivity contribution in [3.05, 3.63) is 0 Å². The van der Waals surface area contributed by atoms with Gasteiger partial charge in [0.05, 0.1) is 6.61 Å². The molecular formula is C7H15NO3. The van der Waals surface area contributed by atoms with Crippen LogP contribution in [0.4, 0.5) is 0 Å². The van der Waals surface area contributed by atoms with Gasteiger partial charge in [0.25, 0.3) is 6.47 Å². The van der Waals surface area contributed by atoms with Gasteiger partial charge < -0.3 is 14.4 Å². The normalized spacial score (nSPS) is 13.1. The fourth-order valence-electron chi connectivity index (χ4n) is 0.519. The second kappa shape index (κ2) is 6.12. The summed E-state index contributed by atoms with van der Waals surface area (Å²) in [7, 11) is 3.91. The molecule has 0 fully saturated rings. The lowest BCUT2D eigenvalue weighted by Gasteiger charge is -2.13. The Balaban J connectivity index is 3.16. The first kappa shape index (κ1) is 10.4. The summed E-state index contributed by atoms with van der Waals surface area (Å²) in [5, 5.41) is 0.